The fourth-order valence-corrected chi connectivity index (χ4v) is 1.37. The van der Waals surface area contributed by atoms with Crippen LogP contribution in [0.1, 0.15) is 26.7 Å². The molecule has 0 aliphatic heterocycles. The number of rotatable bonds is 5. The second kappa shape index (κ2) is 5.20. The highest BCUT2D eigenvalue weighted by molar-refractivity contribution is 7.94. The molecule has 0 aliphatic carbocycles. The average molecular weight is 217 g/mol. The van der Waals surface area contributed by atoms with Gasteiger partial charge in [0.05, 0.1) is 6.92 Å². The second-order valence-electron chi connectivity index (χ2n) is 3.55. The van der Waals surface area contributed by atoms with Gasteiger partial charge in [-0.3, -0.25) is 0 Å². The van der Waals surface area contributed by atoms with E-state index in [4.69, 9.17) is 0 Å². The third kappa shape index (κ3) is 5.80. The van der Waals surface area contributed by atoms with Crippen molar-refractivity contribution in [2.24, 2.45) is 5.92 Å². The molecule has 0 amide bonds. The lowest BCUT2D eigenvalue weighted by Crippen LogP contribution is -2.02. The molecule has 0 saturated heterocycles. The van der Waals surface area contributed by atoms with Crippen LogP contribution in [0.15, 0.2) is 11.0 Å². The lowest BCUT2D eigenvalue weighted by Gasteiger charge is -2.00. The van der Waals surface area contributed by atoms with Gasteiger partial charge in [-0.05, 0) is 19.9 Å². The topological polar surface area (TPSA) is 51.2 Å². The highest BCUT2D eigenvalue weighted by Crippen LogP contribution is 2.12. The molecule has 0 fully saturated rings. The van der Waals surface area contributed by atoms with Crippen LogP contribution in [0, 0.1) is 12.8 Å². The van der Waals surface area contributed by atoms with Crippen LogP contribution in [0.2, 0.25) is 0 Å². The van der Waals surface area contributed by atoms with E-state index >= 15 is 0 Å². The van der Waals surface area contributed by atoms with E-state index in [0.29, 0.717) is 17.7 Å². The predicted molar refractivity (Wildman–Crippen MR) is 57.4 cm³/mol. The maximum Gasteiger partial charge on any atom is 0.171 e. The predicted octanol–water partition coefficient (Wildman–Crippen LogP) is 1.75. The van der Waals surface area contributed by atoms with Crippen LogP contribution in [0.5, 0.6) is 0 Å². The number of sulfone groups is 1. The minimum atomic E-state index is -3.10. The molecule has 1 atom stereocenters. The standard InChI is InChI=1S/C10H17O3S/c1-8(5-6-9(2)11)7-10(3)14(4,12)13/h7-8H,1,5-6H2,2-4H3/q+1/b10-7+. The molecule has 0 saturated carbocycles. The van der Waals surface area contributed by atoms with E-state index in [-0.39, 0.29) is 11.7 Å². The summed E-state index contributed by atoms with van der Waals surface area (Å²) in [5, 5.41) is 0. The van der Waals surface area contributed by atoms with Gasteiger partial charge in [0.15, 0.2) is 9.84 Å². The smallest absolute Gasteiger partial charge is 0.171 e. The maximum atomic E-state index is 11.0. The molecule has 0 aliphatic rings. The first kappa shape index (κ1) is 13.2. The fourth-order valence-electron chi connectivity index (χ4n) is 0.928. The Morgan fingerprint density at radius 2 is 1.93 bits per heavy atom. The van der Waals surface area contributed by atoms with Crippen LogP contribution in [0.4, 0.5) is 0 Å². The summed E-state index contributed by atoms with van der Waals surface area (Å²) >= 11 is 0. The summed E-state index contributed by atoms with van der Waals surface area (Å²) in [5.74, 6) is -0.0160. The molecular weight excluding hydrogens is 200 g/mol. The largest absolute Gasteiger partial charge is 0.300 e. The van der Waals surface area contributed by atoms with Gasteiger partial charge in [-0.1, -0.05) is 0 Å². The first-order valence-electron chi connectivity index (χ1n) is 4.44. The Hall–Kier alpha value is -0.770. The van der Waals surface area contributed by atoms with Crippen molar-refractivity contribution in [1.29, 1.82) is 0 Å². The van der Waals surface area contributed by atoms with Crippen molar-refractivity contribution >= 4 is 15.6 Å². The molecule has 1 unspecified atom stereocenters. The number of Topliss-reactive ketones (excluding diaryl/α,β-unsaturated/α-hetero) is 1. The molecule has 0 aromatic carbocycles. The summed E-state index contributed by atoms with van der Waals surface area (Å²) in [5.41, 5.74) is 0. The molecule has 0 bridgehead atoms. The van der Waals surface area contributed by atoms with E-state index in [1.54, 1.807) is 13.0 Å². The van der Waals surface area contributed by atoms with Gasteiger partial charge < -0.3 is 4.79 Å². The normalized spacial score (nSPS) is 15.2. The van der Waals surface area contributed by atoms with E-state index < -0.39 is 9.84 Å². The minimum absolute atomic E-state index is 0.101. The quantitative estimate of drug-likeness (QED) is 0.659. The SMILES string of the molecule is [CH2+]C(/C=C(\C)S(C)(=O)=O)CCC(C)=O. The summed E-state index contributed by atoms with van der Waals surface area (Å²) in [6.45, 7) is 6.83. The highest BCUT2D eigenvalue weighted by atomic mass is 32.2. The molecule has 0 aromatic rings. The van der Waals surface area contributed by atoms with E-state index in [1.165, 1.54) is 6.92 Å². The number of allylic oxidation sites excluding steroid dienone is 2. The van der Waals surface area contributed by atoms with Crippen LogP contribution < -0.4 is 0 Å². The lowest BCUT2D eigenvalue weighted by atomic mass is 10.0. The van der Waals surface area contributed by atoms with Crippen molar-refractivity contribution < 1.29 is 13.2 Å². The summed E-state index contributed by atoms with van der Waals surface area (Å²) in [6.07, 6.45) is 3.80. The van der Waals surface area contributed by atoms with Crippen LogP contribution in [-0.2, 0) is 14.6 Å². The summed E-state index contributed by atoms with van der Waals surface area (Å²) in [4.78, 5) is 11.0. The Kier molecular flexibility index (Phi) is 4.91. The zero-order valence-corrected chi connectivity index (χ0v) is 9.73. The van der Waals surface area contributed by atoms with Crippen LogP contribution in [0.25, 0.3) is 0 Å². The van der Waals surface area contributed by atoms with Crippen molar-refractivity contribution in [3.8, 4) is 0 Å². The summed E-state index contributed by atoms with van der Waals surface area (Å²) in [7, 11) is -3.10. The second-order valence-corrected chi connectivity index (χ2v) is 5.74. The molecule has 0 N–H and O–H groups in total. The Morgan fingerprint density at radius 3 is 2.29 bits per heavy atom. The molecular formula is C10H17O3S+. The monoisotopic (exact) mass is 217 g/mol. The average Bonchev–Trinajstić information content (AvgIpc) is 1.99. The Bertz CT molecular complexity index is 325. The van der Waals surface area contributed by atoms with Crippen LogP contribution in [0.3, 0.4) is 0 Å². The van der Waals surface area contributed by atoms with Gasteiger partial charge in [-0.15, -0.1) is 0 Å². The Balaban J connectivity index is 4.30. The number of ketones is 1. The van der Waals surface area contributed by atoms with Crippen molar-refractivity contribution in [3.63, 3.8) is 0 Å². The first-order chi connectivity index (χ1) is 6.23. The molecule has 0 aromatic heterocycles. The van der Waals surface area contributed by atoms with Gasteiger partial charge in [0, 0.05) is 24.0 Å². The zero-order valence-electron chi connectivity index (χ0n) is 8.91. The maximum absolute atomic E-state index is 11.0. The third-order valence-electron chi connectivity index (χ3n) is 1.92. The van der Waals surface area contributed by atoms with Crippen LogP contribution in [-0.4, -0.2) is 20.5 Å². The summed E-state index contributed by atoms with van der Waals surface area (Å²) in [6, 6.07) is 0. The van der Waals surface area contributed by atoms with Gasteiger partial charge in [-0.25, -0.2) is 8.42 Å². The lowest BCUT2D eigenvalue weighted by molar-refractivity contribution is -0.117. The molecule has 4 heteroatoms. The Morgan fingerprint density at radius 1 is 1.43 bits per heavy atom. The van der Waals surface area contributed by atoms with Gasteiger partial charge in [0.25, 0.3) is 0 Å². The van der Waals surface area contributed by atoms with E-state index in [2.05, 4.69) is 6.92 Å². The minimum Gasteiger partial charge on any atom is -0.300 e. The van der Waals surface area contributed by atoms with Gasteiger partial charge in [-0.2, -0.15) is 0 Å². The summed E-state index contributed by atoms with van der Waals surface area (Å²) < 4.78 is 22.1. The van der Waals surface area contributed by atoms with E-state index in [9.17, 15) is 13.2 Å². The van der Waals surface area contributed by atoms with Crippen molar-refractivity contribution in [3.05, 3.63) is 17.9 Å². The first-order valence-corrected chi connectivity index (χ1v) is 6.33. The van der Waals surface area contributed by atoms with Gasteiger partial charge >= 0.3 is 0 Å². The van der Waals surface area contributed by atoms with Crippen molar-refractivity contribution in [2.75, 3.05) is 6.26 Å². The molecule has 0 spiro atoms. The molecule has 0 rings (SSSR count). The van der Waals surface area contributed by atoms with E-state index in [1.807, 2.05) is 0 Å². The molecule has 0 radical (unpaired) electrons. The highest BCUT2D eigenvalue weighted by Gasteiger charge is 2.11. The fraction of sp³-hybridized carbons (Fsp3) is 0.600. The molecule has 0 heterocycles. The number of hydrogen-bond acceptors (Lipinski definition) is 3. The number of carbonyl (C=O) groups is 1. The third-order valence-corrected chi connectivity index (χ3v) is 3.23. The number of hydrogen-bond donors (Lipinski definition) is 0. The molecule has 14 heavy (non-hydrogen) atoms. The Labute approximate surface area is 86.1 Å². The van der Waals surface area contributed by atoms with Crippen molar-refractivity contribution in [1.82, 2.24) is 0 Å². The van der Waals surface area contributed by atoms with E-state index in [0.717, 1.165) is 6.26 Å². The van der Waals surface area contributed by atoms with Gasteiger partial charge in [0.1, 0.15) is 11.7 Å². The molecule has 80 valence electrons. The number of carbonyl (C=O) groups excluding carboxylic acids is 1. The van der Waals surface area contributed by atoms with Gasteiger partial charge in [0.2, 0.25) is 0 Å². The molecule has 3 nitrogen and oxygen atoms in total. The van der Waals surface area contributed by atoms with Crippen molar-refractivity contribution in [2.45, 2.75) is 26.7 Å². The van der Waals surface area contributed by atoms with Crippen LogP contribution >= 0.6 is 0 Å². The zero-order chi connectivity index (χ0) is 11.4.